The molecule has 7 heteroatoms. The molecule has 0 saturated heterocycles. The molecule has 4 aromatic carbocycles. The summed E-state index contributed by atoms with van der Waals surface area (Å²) in [4.78, 5) is 13.9. The van der Waals surface area contributed by atoms with Gasteiger partial charge >= 0.3 is 0 Å². The standard InChI is InChI=1S/C32H33ClN2O3S/c1-23(2)21-30(26-9-5-4-6-10-26)34-32(36)29-11-7-8-12-31(29)35(22-25-15-17-27(33)18-16-25)39(37,38)28-19-13-24(3)14-20-28/h4-20,23,30H,21-22H2,1-3H3,(H,34,36)/t30-/m1/s1. The molecule has 39 heavy (non-hydrogen) atoms. The highest BCUT2D eigenvalue weighted by Crippen LogP contribution is 2.31. The van der Waals surface area contributed by atoms with Crippen LogP contribution in [0.3, 0.4) is 0 Å². The summed E-state index contributed by atoms with van der Waals surface area (Å²) in [6.45, 7) is 6.16. The van der Waals surface area contributed by atoms with Gasteiger partial charge in [-0.25, -0.2) is 8.42 Å². The van der Waals surface area contributed by atoms with E-state index >= 15 is 0 Å². The Kier molecular flexibility index (Phi) is 9.10. The van der Waals surface area contributed by atoms with Gasteiger partial charge in [0.25, 0.3) is 15.9 Å². The van der Waals surface area contributed by atoms with Crippen LogP contribution in [0.4, 0.5) is 5.69 Å². The molecule has 0 unspecified atom stereocenters. The molecule has 0 heterocycles. The van der Waals surface area contributed by atoms with Crippen molar-refractivity contribution in [3.63, 3.8) is 0 Å². The smallest absolute Gasteiger partial charge is 0.264 e. The number of rotatable bonds is 10. The fourth-order valence-electron chi connectivity index (χ4n) is 4.45. The summed E-state index contributed by atoms with van der Waals surface area (Å²) in [5, 5.41) is 3.73. The first kappa shape index (κ1) is 28.4. The van der Waals surface area contributed by atoms with Gasteiger partial charge in [-0.1, -0.05) is 97.7 Å². The van der Waals surface area contributed by atoms with E-state index in [1.165, 1.54) is 4.31 Å². The van der Waals surface area contributed by atoms with Crippen LogP contribution in [0.2, 0.25) is 5.02 Å². The van der Waals surface area contributed by atoms with Gasteiger partial charge in [-0.15, -0.1) is 0 Å². The number of hydrogen-bond donors (Lipinski definition) is 1. The van der Waals surface area contributed by atoms with Crippen LogP contribution in [0.25, 0.3) is 0 Å². The van der Waals surface area contributed by atoms with Crippen LogP contribution in [0, 0.1) is 12.8 Å². The Hall–Kier alpha value is -3.61. The van der Waals surface area contributed by atoms with Crippen molar-refractivity contribution >= 4 is 33.2 Å². The fourth-order valence-corrected chi connectivity index (χ4v) is 6.04. The number of nitrogens with zero attached hydrogens (tertiary/aromatic N) is 1. The normalized spacial score (nSPS) is 12.2. The lowest BCUT2D eigenvalue weighted by Gasteiger charge is -2.28. The van der Waals surface area contributed by atoms with Gasteiger partial charge in [0.05, 0.1) is 28.7 Å². The lowest BCUT2D eigenvalue weighted by atomic mass is 9.96. The number of anilines is 1. The van der Waals surface area contributed by atoms with E-state index in [2.05, 4.69) is 19.2 Å². The largest absolute Gasteiger partial charge is 0.345 e. The van der Waals surface area contributed by atoms with Gasteiger partial charge < -0.3 is 5.32 Å². The molecular formula is C32H33ClN2O3S. The minimum Gasteiger partial charge on any atom is -0.345 e. The van der Waals surface area contributed by atoms with Gasteiger partial charge in [-0.2, -0.15) is 0 Å². The van der Waals surface area contributed by atoms with Gasteiger partial charge in [0, 0.05) is 5.02 Å². The van der Waals surface area contributed by atoms with Crippen LogP contribution in [-0.4, -0.2) is 14.3 Å². The second-order valence-electron chi connectivity index (χ2n) is 10.0. The maximum absolute atomic E-state index is 14.0. The van der Waals surface area contributed by atoms with E-state index in [9.17, 15) is 13.2 Å². The Bertz CT molecular complexity index is 1500. The molecule has 202 valence electrons. The maximum atomic E-state index is 14.0. The zero-order valence-corrected chi connectivity index (χ0v) is 23.9. The minimum absolute atomic E-state index is 0.0335. The van der Waals surface area contributed by atoms with E-state index in [0.29, 0.717) is 16.6 Å². The molecule has 5 nitrogen and oxygen atoms in total. The van der Waals surface area contributed by atoms with E-state index in [4.69, 9.17) is 11.6 Å². The molecule has 0 aliphatic rings. The molecule has 0 aliphatic heterocycles. The second kappa shape index (κ2) is 12.5. The number of carbonyl (C=O) groups is 1. The van der Waals surface area contributed by atoms with E-state index in [0.717, 1.165) is 23.1 Å². The third-order valence-corrected chi connectivity index (χ3v) is 8.51. The Labute approximate surface area is 236 Å². The minimum atomic E-state index is -4.01. The lowest BCUT2D eigenvalue weighted by Crippen LogP contribution is -2.35. The molecule has 4 aromatic rings. The summed E-state index contributed by atoms with van der Waals surface area (Å²) in [5.41, 5.74) is 3.29. The molecule has 0 aliphatic carbocycles. The van der Waals surface area contributed by atoms with Crippen molar-refractivity contribution in [2.45, 2.75) is 44.7 Å². The quantitative estimate of drug-likeness (QED) is 0.217. The van der Waals surface area contributed by atoms with Crippen molar-refractivity contribution in [1.82, 2.24) is 5.32 Å². The Morgan fingerprint density at radius 1 is 0.846 bits per heavy atom. The van der Waals surface area contributed by atoms with E-state index in [1.54, 1.807) is 72.8 Å². The number of sulfonamides is 1. The van der Waals surface area contributed by atoms with E-state index < -0.39 is 10.0 Å². The van der Waals surface area contributed by atoms with Gasteiger partial charge in [0.2, 0.25) is 0 Å². The highest BCUT2D eigenvalue weighted by molar-refractivity contribution is 7.92. The molecule has 0 saturated carbocycles. The Balaban J connectivity index is 1.77. The molecule has 1 N–H and O–H groups in total. The van der Waals surface area contributed by atoms with Crippen LogP contribution >= 0.6 is 11.6 Å². The van der Waals surface area contributed by atoms with Crippen LogP contribution in [-0.2, 0) is 16.6 Å². The van der Waals surface area contributed by atoms with Crippen LogP contribution in [0.15, 0.2) is 108 Å². The van der Waals surface area contributed by atoms with Crippen molar-refractivity contribution in [1.29, 1.82) is 0 Å². The fraction of sp³-hybridized carbons (Fsp3) is 0.219. The summed E-state index contributed by atoms with van der Waals surface area (Å²) < 4.78 is 29.4. The maximum Gasteiger partial charge on any atom is 0.264 e. The molecule has 4 rings (SSSR count). The summed E-state index contributed by atoms with van der Waals surface area (Å²) >= 11 is 6.08. The van der Waals surface area contributed by atoms with Crippen molar-refractivity contribution < 1.29 is 13.2 Å². The number of carbonyl (C=O) groups excluding carboxylic acids is 1. The number of nitrogens with one attached hydrogen (secondary N) is 1. The Morgan fingerprint density at radius 2 is 1.46 bits per heavy atom. The van der Waals surface area contributed by atoms with Gasteiger partial charge in [-0.05, 0) is 66.8 Å². The summed E-state index contributed by atoms with van der Waals surface area (Å²) in [6.07, 6.45) is 0.744. The van der Waals surface area contributed by atoms with Crippen molar-refractivity contribution in [2.24, 2.45) is 5.92 Å². The predicted octanol–water partition coefficient (Wildman–Crippen LogP) is 7.56. The first-order chi connectivity index (χ1) is 18.6. The third-order valence-electron chi connectivity index (χ3n) is 6.48. The van der Waals surface area contributed by atoms with E-state index in [-0.39, 0.29) is 29.0 Å². The highest BCUT2D eigenvalue weighted by atomic mass is 35.5. The van der Waals surface area contributed by atoms with Gasteiger partial charge in [0.1, 0.15) is 0 Å². The summed E-state index contributed by atoms with van der Waals surface area (Å²) in [7, 11) is -4.01. The molecule has 0 radical (unpaired) electrons. The summed E-state index contributed by atoms with van der Waals surface area (Å²) in [5.74, 6) is 0.00869. The number of aryl methyl sites for hydroxylation is 1. The molecule has 0 fully saturated rings. The second-order valence-corrected chi connectivity index (χ2v) is 12.3. The topological polar surface area (TPSA) is 66.5 Å². The number of halogens is 1. The highest BCUT2D eigenvalue weighted by Gasteiger charge is 2.29. The molecule has 1 amide bonds. The zero-order valence-electron chi connectivity index (χ0n) is 22.3. The van der Waals surface area contributed by atoms with Crippen molar-refractivity contribution in [3.05, 3.63) is 130 Å². The van der Waals surface area contributed by atoms with Gasteiger partial charge in [0.15, 0.2) is 0 Å². The zero-order chi connectivity index (χ0) is 28.0. The predicted molar refractivity (Wildman–Crippen MR) is 159 cm³/mol. The first-order valence-electron chi connectivity index (χ1n) is 12.9. The average Bonchev–Trinajstić information content (AvgIpc) is 2.92. The monoisotopic (exact) mass is 560 g/mol. The van der Waals surface area contributed by atoms with E-state index in [1.807, 2.05) is 37.3 Å². The molecular weight excluding hydrogens is 528 g/mol. The summed E-state index contributed by atoms with van der Waals surface area (Å²) in [6, 6.07) is 30.2. The van der Waals surface area contributed by atoms with Crippen molar-refractivity contribution in [3.8, 4) is 0 Å². The molecule has 0 spiro atoms. The Morgan fingerprint density at radius 3 is 2.10 bits per heavy atom. The molecule has 1 atom stereocenters. The number of benzene rings is 4. The number of para-hydroxylation sites is 1. The van der Waals surface area contributed by atoms with Crippen LogP contribution < -0.4 is 9.62 Å². The molecule has 0 bridgehead atoms. The molecule has 0 aromatic heterocycles. The lowest BCUT2D eigenvalue weighted by molar-refractivity contribution is 0.0932. The van der Waals surface area contributed by atoms with Crippen LogP contribution in [0.5, 0.6) is 0 Å². The SMILES string of the molecule is Cc1ccc(S(=O)(=O)N(Cc2ccc(Cl)cc2)c2ccccc2C(=O)N[C@H](CC(C)C)c2ccccc2)cc1. The van der Waals surface area contributed by atoms with Gasteiger partial charge in [-0.3, -0.25) is 9.10 Å². The average molecular weight is 561 g/mol. The third kappa shape index (κ3) is 7.08. The number of amides is 1. The van der Waals surface area contributed by atoms with Crippen LogP contribution in [0.1, 0.15) is 53.4 Å². The number of hydrogen-bond acceptors (Lipinski definition) is 3. The van der Waals surface area contributed by atoms with Crippen molar-refractivity contribution in [2.75, 3.05) is 4.31 Å². The first-order valence-corrected chi connectivity index (χ1v) is 14.8.